The molecule has 0 spiro atoms. The number of nitrogens with zero attached hydrogens (tertiary/aromatic N) is 1. The summed E-state index contributed by atoms with van der Waals surface area (Å²) in [5.74, 6) is 0.161. The van der Waals surface area contributed by atoms with Crippen molar-refractivity contribution in [2.24, 2.45) is 5.92 Å². The third kappa shape index (κ3) is 5.19. The van der Waals surface area contributed by atoms with E-state index in [4.69, 9.17) is 0 Å². The summed E-state index contributed by atoms with van der Waals surface area (Å²) in [6.45, 7) is -1.73. The molecule has 1 aliphatic heterocycles. The Labute approximate surface area is 162 Å². The van der Waals surface area contributed by atoms with Gasteiger partial charge >= 0.3 is 12.6 Å². The number of aliphatic hydroxyl groups is 1. The summed E-state index contributed by atoms with van der Waals surface area (Å²) in [6, 6.07) is 15.7. The number of benzene rings is 2. The minimum absolute atomic E-state index is 0.0579. The molecule has 5 nitrogen and oxygen atoms in total. The minimum Gasteiger partial charge on any atom is -0.434 e. The van der Waals surface area contributed by atoms with Crippen LogP contribution in [-0.4, -0.2) is 35.7 Å². The quantitative estimate of drug-likeness (QED) is 0.785. The summed E-state index contributed by atoms with van der Waals surface area (Å²) >= 11 is 0. The molecule has 1 atom stereocenters. The van der Waals surface area contributed by atoms with Crippen LogP contribution in [0.5, 0.6) is 5.75 Å². The van der Waals surface area contributed by atoms with Crippen molar-refractivity contribution >= 4 is 6.03 Å². The molecule has 2 amide bonds. The highest BCUT2D eigenvalue weighted by Gasteiger charge is 2.28. The van der Waals surface area contributed by atoms with Crippen LogP contribution in [-0.2, 0) is 6.54 Å². The molecular weight excluding hydrogens is 366 g/mol. The van der Waals surface area contributed by atoms with E-state index in [9.17, 15) is 18.7 Å². The van der Waals surface area contributed by atoms with Crippen molar-refractivity contribution in [3.63, 3.8) is 0 Å². The number of hydrogen-bond donors (Lipinski definition) is 2. The maximum Gasteiger partial charge on any atom is 0.387 e. The van der Waals surface area contributed by atoms with Gasteiger partial charge < -0.3 is 20.1 Å². The molecule has 1 fully saturated rings. The SMILES string of the molecule is O=C(NCc1ccccc1OC(F)F)N1CCC(C(O)c2ccccc2)CC1. The number of para-hydroxylation sites is 1. The van der Waals surface area contributed by atoms with Crippen molar-refractivity contribution in [1.29, 1.82) is 0 Å². The molecule has 1 saturated heterocycles. The third-order valence-electron chi connectivity index (χ3n) is 5.03. The standard InChI is InChI=1S/C21H24F2N2O3/c22-20(23)28-18-9-5-4-8-17(18)14-24-21(27)25-12-10-16(11-13-25)19(26)15-6-2-1-3-7-15/h1-9,16,19-20,26H,10-14H2,(H,24,27). The van der Waals surface area contributed by atoms with Crippen LogP contribution < -0.4 is 10.1 Å². The topological polar surface area (TPSA) is 61.8 Å². The van der Waals surface area contributed by atoms with Crippen molar-refractivity contribution in [1.82, 2.24) is 10.2 Å². The van der Waals surface area contributed by atoms with E-state index in [1.165, 1.54) is 6.07 Å². The molecular formula is C21H24F2N2O3. The summed E-state index contributed by atoms with van der Waals surface area (Å²) in [6.07, 6.45) is 0.869. The van der Waals surface area contributed by atoms with Gasteiger partial charge in [0.05, 0.1) is 6.10 Å². The number of urea groups is 1. The average Bonchev–Trinajstić information content (AvgIpc) is 2.73. The predicted molar refractivity (Wildman–Crippen MR) is 101 cm³/mol. The van der Waals surface area contributed by atoms with E-state index in [1.807, 2.05) is 30.3 Å². The summed E-state index contributed by atoms with van der Waals surface area (Å²) in [5.41, 5.74) is 1.38. The summed E-state index contributed by atoms with van der Waals surface area (Å²) in [7, 11) is 0. The Kier molecular flexibility index (Phi) is 6.81. The van der Waals surface area contributed by atoms with Gasteiger partial charge in [0, 0.05) is 25.2 Å². The van der Waals surface area contributed by atoms with E-state index >= 15 is 0 Å². The molecule has 28 heavy (non-hydrogen) atoms. The number of carbonyl (C=O) groups excluding carboxylic acids is 1. The molecule has 0 bridgehead atoms. The van der Waals surface area contributed by atoms with Crippen molar-refractivity contribution in [2.75, 3.05) is 13.1 Å². The van der Waals surface area contributed by atoms with E-state index in [-0.39, 0.29) is 24.2 Å². The molecule has 0 radical (unpaired) electrons. The smallest absolute Gasteiger partial charge is 0.387 e. The van der Waals surface area contributed by atoms with Crippen LogP contribution in [0.25, 0.3) is 0 Å². The van der Waals surface area contributed by atoms with Gasteiger partial charge in [-0.2, -0.15) is 8.78 Å². The van der Waals surface area contributed by atoms with Crippen LogP contribution in [0.1, 0.15) is 30.1 Å². The Hall–Kier alpha value is -2.67. The highest BCUT2D eigenvalue weighted by Crippen LogP contribution is 2.30. The number of rotatable bonds is 6. The molecule has 150 valence electrons. The number of carbonyl (C=O) groups is 1. The zero-order chi connectivity index (χ0) is 19.9. The van der Waals surface area contributed by atoms with Gasteiger partial charge in [0.15, 0.2) is 0 Å². The fourth-order valence-corrected chi connectivity index (χ4v) is 3.48. The molecule has 0 aromatic heterocycles. The highest BCUT2D eigenvalue weighted by atomic mass is 19.3. The second-order valence-electron chi connectivity index (χ2n) is 6.82. The lowest BCUT2D eigenvalue weighted by Crippen LogP contribution is -2.45. The van der Waals surface area contributed by atoms with Gasteiger partial charge in [0.25, 0.3) is 0 Å². The summed E-state index contributed by atoms with van der Waals surface area (Å²) < 4.78 is 29.4. The fourth-order valence-electron chi connectivity index (χ4n) is 3.48. The first-order valence-electron chi connectivity index (χ1n) is 9.33. The predicted octanol–water partition coefficient (Wildman–Crippen LogP) is 3.94. The van der Waals surface area contributed by atoms with E-state index in [1.54, 1.807) is 23.1 Å². The number of aliphatic hydroxyl groups excluding tert-OH is 1. The van der Waals surface area contributed by atoms with Gasteiger partial charge in [-0.15, -0.1) is 0 Å². The van der Waals surface area contributed by atoms with Gasteiger partial charge in [0.2, 0.25) is 0 Å². The average molecular weight is 390 g/mol. The molecule has 0 aliphatic carbocycles. The monoisotopic (exact) mass is 390 g/mol. The molecule has 1 aliphatic rings. The molecule has 0 saturated carbocycles. The maximum absolute atomic E-state index is 12.5. The van der Waals surface area contributed by atoms with Crippen LogP contribution in [0.2, 0.25) is 0 Å². The molecule has 3 rings (SSSR count). The highest BCUT2D eigenvalue weighted by molar-refractivity contribution is 5.74. The molecule has 2 aromatic rings. The number of likely N-dealkylation sites (tertiary alicyclic amines) is 1. The fraction of sp³-hybridized carbons (Fsp3) is 0.381. The minimum atomic E-state index is -2.91. The Bertz CT molecular complexity index is 765. The second kappa shape index (κ2) is 9.50. The number of nitrogens with one attached hydrogen (secondary N) is 1. The Balaban J connectivity index is 1.49. The van der Waals surface area contributed by atoms with Gasteiger partial charge in [-0.1, -0.05) is 48.5 Å². The van der Waals surface area contributed by atoms with Crippen molar-refractivity contribution in [2.45, 2.75) is 32.1 Å². The number of piperidine rings is 1. The number of halogens is 2. The van der Waals surface area contributed by atoms with Gasteiger partial charge in [-0.25, -0.2) is 4.79 Å². The molecule has 1 heterocycles. The summed E-state index contributed by atoms with van der Waals surface area (Å²) in [4.78, 5) is 14.1. The maximum atomic E-state index is 12.5. The molecule has 1 unspecified atom stereocenters. The zero-order valence-corrected chi connectivity index (χ0v) is 15.4. The van der Waals surface area contributed by atoms with Crippen molar-refractivity contribution < 1.29 is 23.4 Å². The number of hydrogen-bond acceptors (Lipinski definition) is 3. The van der Waals surface area contributed by atoms with Crippen LogP contribution in [0.3, 0.4) is 0 Å². The number of alkyl halides is 2. The Morgan fingerprint density at radius 2 is 1.75 bits per heavy atom. The van der Waals surface area contributed by atoms with Crippen LogP contribution in [0.15, 0.2) is 54.6 Å². The first-order chi connectivity index (χ1) is 13.5. The first-order valence-corrected chi connectivity index (χ1v) is 9.33. The van der Waals surface area contributed by atoms with Crippen molar-refractivity contribution in [3.8, 4) is 5.75 Å². The van der Waals surface area contributed by atoms with Gasteiger partial charge in [0.1, 0.15) is 5.75 Å². The zero-order valence-electron chi connectivity index (χ0n) is 15.4. The lowest BCUT2D eigenvalue weighted by molar-refractivity contribution is -0.0504. The normalized spacial score (nSPS) is 16.1. The van der Waals surface area contributed by atoms with Crippen LogP contribution >= 0.6 is 0 Å². The molecule has 7 heteroatoms. The largest absolute Gasteiger partial charge is 0.434 e. The lowest BCUT2D eigenvalue weighted by atomic mass is 9.87. The number of ether oxygens (including phenoxy) is 1. The van der Waals surface area contributed by atoms with E-state index in [0.29, 0.717) is 31.5 Å². The van der Waals surface area contributed by atoms with Gasteiger partial charge in [-0.05, 0) is 30.4 Å². The second-order valence-corrected chi connectivity index (χ2v) is 6.82. The summed E-state index contributed by atoms with van der Waals surface area (Å²) in [5, 5.41) is 13.3. The van der Waals surface area contributed by atoms with Crippen LogP contribution in [0, 0.1) is 5.92 Å². The molecule has 2 N–H and O–H groups in total. The van der Waals surface area contributed by atoms with Gasteiger partial charge in [-0.3, -0.25) is 0 Å². The van der Waals surface area contributed by atoms with Crippen LogP contribution in [0.4, 0.5) is 13.6 Å². The van der Waals surface area contributed by atoms with E-state index in [0.717, 1.165) is 5.56 Å². The first kappa shape index (κ1) is 20.1. The third-order valence-corrected chi connectivity index (χ3v) is 5.03. The van der Waals surface area contributed by atoms with E-state index < -0.39 is 12.7 Å². The van der Waals surface area contributed by atoms with E-state index in [2.05, 4.69) is 10.1 Å². The van der Waals surface area contributed by atoms with Crippen molar-refractivity contribution in [3.05, 3.63) is 65.7 Å². The Morgan fingerprint density at radius 1 is 1.11 bits per heavy atom. The number of amides is 2. The molecule has 2 aromatic carbocycles. The Morgan fingerprint density at radius 3 is 2.43 bits per heavy atom. The lowest BCUT2D eigenvalue weighted by Gasteiger charge is -2.34.